The van der Waals surface area contributed by atoms with Crippen molar-refractivity contribution >= 4 is 17.1 Å². The number of carbonyl (C=O) groups is 1. The number of hydrogen-bond acceptors (Lipinski definition) is 4. The van der Waals surface area contributed by atoms with Gasteiger partial charge in [-0.1, -0.05) is 0 Å². The number of aromatic nitrogens is 3. The number of anilines is 1. The van der Waals surface area contributed by atoms with Crippen molar-refractivity contribution in [1.82, 2.24) is 14.6 Å². The predicted octanol–water partition coefficient (Wildman–Crippen LogP) is 3.11. The van der Waals surface area contributed by atoms with E-state index < -0.39 is 12.1 Å². The van der Waals surface area contributed by atoms with Gasteiger partial charge in [-0.25, -0.2) is 8.91 Å². The number of carbonyl (C=O) groups excluding carboxylic acids is 1. The Labute approximate surface area is 150 Å². The highest BCUT2D eigenvalue weighted by molar-refractivity contribution is 6.02. The third kappa shape index (κ3) is 2.79. The number of nitrogens with two attached hydrogens (primary N) is 1. The van der Waals surface area contributed by atoms with Crippen molar-refractivity contribution in [3.05, 3.63) is 48.0 Å². The Kier molecular flexibility index (Phi) is 4.06. The molecule has 1 aliphatic rings. The van der Waals surface area contributed by atoms with E-state index in [-0.39, 0.29) is 11.6 Å². The molecule has 3 N–H and O–H groups in total. The van der Waals surface area contributed by atoms with E-state index in [0.29, 0.717) is 17.6 Å². The third-order valence-corrected chi connectivity index (χ3v) is 5.00. The number of nitrogens with one attached hydrogen (secondary N) is 1. The van der Waals surface area contributed by atoms with Crippen molar-refractivity contribution in [2.75, 3.05) is 5.32 Å². The molecule has 0 aromatic carbocycles. The van der Waals surface area contributed by atoms with Crippen molar-refractivity contribution in [2.24, 2.45) is 5.73 Å². The first-order chi connectivity index (χ1) is 12.5. The van der Waals surface area contributed by atoms with Gasteiger partial charge in [-0.3, -0.25) is 9.78 Å². The van der Waals surface area contributed by atoms with Crippen LogP contribution >= 0.6 is 0 Å². The highest BCUT2D eigenvalue weighted by atomic mass is 19.1. The average molecular weight is 353 g/mol. The maximum atomic E-state index is 14.1. The Morgan fingerprint density at radius 2 is 2.23 bits per heavy atom. The van der Waals surface area contributed by atoms with Crippen LogP contribution in [0.15, 0.2) is 36.9 Å². The second-order valence-electron chi connectivity index (χ2n) is 6.74. The Balaban J connectivity index is 1.85. The molecule has 0 bridgehead atoms. The normalized spacial score (nSPS) is 19.8. The van der Waals surface area contributed by atoms with Crippen LogP contribution in [0.3, 0.4) is 0 Å². The van der Waals surface area contributed by atoms with Crippen LogP contribution in [0.1, 0.15) is 35.2 Å². The fraction of sp³-hybridized carbons (Fsp3) is 0.316. The molecule has 1 aliphatic carbocycles. The summed E-state index contributed by atoms with van der Waals surface area (Å²) in [6, 6.07) is 3.55. The molecule has 3 aromatic rings. The molecule has 134 valence electrons. The predicted molar refractivity (Wildman–Crippen MR) is 97.8 cm³/mol. The van der Waals surface area contributed by atoms with Crippen LogP contribution in [0.5, 0.6) is 0 Å². The molecular formula is C19H20FN5O. The Bertz CT molecular complexity index is 983. The van der Waals surface area contributed by atoms with Gasteiger partial charge < -0.3 is 11.1 Å². The number of nitrogens with zero attached hydrogens (tertiary/aromatic N) is 3. The van der Waals surface area contributed by atoms with Gasteiger partial charge in [-0.2, -0.15) is 5.10 Å². The lowest BCUT2D eigenvalue weighted by Gasteiger charge is -2.19. The van der Waals surface area contributed by atoms with Gasteiger partial charge in [0.15, 0.2) is 0 Å². The summed E-state index contributed by atoms with van der Waals surface area (Å²) in [4.78, 5) is 16.0. The smallest absolute Gasteiger partial charge is 0.252 e. The fourth-order valence-electron chi connectivity index (χ4n) is 3.60. The van der Waals surface area contributed by atoms with E-state index in [1.807, 2.05) is 25.3 Å². The summed E-state index contributed by atoms with van der Waals surface area (Å²) in [7, 11) is 0. The summed E-state index contributed by atoms with van der Waals surface area (Å²) >= 11 is 0. The first kappa shape index (κ1) is 16.5. The van der Waals surface area contributed by atoms with Gasteiger partial charge in [0.05, 0.1) is 29.0 Å². The van der Waals surface area contributed by atoms with Gasteiger partial charge in [-0.05, 0) is 49.4 Å². The molecule has 3 aromatic heterocycles. The van der Waals surface area contributed by atoms with Gasteiger partial charge >= 0.3 is 0 Å². The number of halogens is 1. The standard InChI is InChI=1S/C19H20FN5O/c1-11-8-22-6-5-13(11)12-7-17-18(24-16-4-2-3-15(16)20)14(19(21)26)9-23-25(17)10-12/h5-10,15-16,24H,2-4H2,1H3,(H2,21,26)/t15-,16+/m0/s1. The van der Waals surface area contributed by atoms with Crippen LogP contribution in [0, 0.1) is 6.92 Å². The lowest BCUT2D eigenvalue weighted by molar-refractivity contribution is 0.100. The van der Waals surface area contributed by atoms with Crippen LogP contribution in [0.4, 0.5) is 10.1 Å². The Hall–Kier alpha value is -2.96. The number of rotatable bonds is 4. The lowest BCUT2D eigenvalue weighted by Crippen LogP contribution is -2.27. The van der Waals surface area contributed by atoms with E-state index in [1.54, 1.807) is 16.9 Å². The zero-order valence-electron chi connectivity index (χ0n) is 14.4. The van der Waals surface area contributed by atoms with Crippen molar-refractivity contribution < 1.29 is 9.18 Å². The molecule has 0 spiro atoms. The third-order valence-electron chi connectivity index (χ3n) is 5.00. The van der Waals surface area contributed by atoms with Gasteiger partial charge in [0.1, 0.15) is 6.17 Å². The molecule has 26 heavy (non-hydrogen) atoms. The Morgan fingerprint density at radius 3 is 2.92 bits per heavy atom. The SMILES string of the molecule is Cc1cnccc1-c1cc2c(N[C@@H]3CCC[C@@H]3F)c(C(N)=O)cnn2c1. The van der Waals surface area contributed by atoms with E-state index in [9.17, 15) is 9.18 Å². The minimum atomic E-state index is -0.930. The van der Waals surface area contributed by atoms with Crippen LogP contribution in [0.25, 0.3) is 16.6 Å². The fourth-order valence-corrected chi connectivity index (χ4v) is 3.60. The summed E-state index contributed by atoms with van der Waals surface area (Å²) < 4.78 is 15.8. The average Bonchev–Trinajstić information content (AvgIpc) is 3.22. The highest BCUT2D eigenvalue weighted by Gasteiger charge is 2.29. The number of pyridine rings is 1. The minimum absolute atomic E-state index is 0.271. The molecule has 4 rings (SSSR count). The van der Waals surface area contributed by atoms with Gasteiger partial charge in [0.25, 0.3) is 5.91 Å². The summed E-state index contributed by atoms with van der Waals surface area (Å²) in [5.41, 5.74) is 10.1. The van der Waals surface area contributed by atoms with Gasteiger partial charge in [0, 0.05) is 24.2 Å². The summed E-state index contributed by atoms with van der Waals surface area (Å²) in [6.07, 6.45) is 8.01. The summed E-state index contributed by atoms with van der Waals surface area (Å²) in [5, 5.41) is 7.51. The molecule has 1 amide bonds. The number of hydrogen-bond donors (Lipinski definition) is 2. The molecule has 1 fully saturated rings. The van der Waals surface area contributed by atoms with Crippen LogP contribution in [-0.4, -0.2) is 32.7 Å². The van der Waals surface area contributed by atoms with E-state index >= 15 is 0 Å². The summed E-state index contributed by atoms with van der Waals surface area (Å²) in [6.45, 7) is 1.98. The highest BCUT2D eigenvalue weighted by Crippen LogP contribution is 2.32. The largest absolute Gasteiger partial charge is 0.377 e. The number of aryl methyl sites for hydroxylation is 1. The van der Waals surface area contributed by atoms with Crippen molar-refractivity contribution in [3.63, 3.8) is 0 Å². The van der Waals surface area contributed by atoms with Gasteiger partial charge in [-0.15, -0.1) is 0 Å². The maximum Gasteiger partial charge on any atom is 0.252 e. The van der Waals surface area contributed by atoms with E-state index in [4.69, 9.17) is 5.73 Å². The second kappa shape index (κ2) is 6.40. The molecular weight excluding hydrogens is 333 g/mol. The number of alkyl halides is 1. The topological polar surface area (TPSA) is 85.3 Å². The molecule has 0 radical (unpaired) electrons. The number of primary amides is 1. The van der Waals surface area contributed by atoms with Gasteiger partial charge in [0.2, 0.25) is 0 Å². The minimum Gasteiger partial charge on any atom is -0.377 e. The van der Waals surface area contributed by atoms with Crippen molar-refractivity contribution in [2.45, 2.75) is 38.4 Å². The molecule has 2 atom stereocenters. The molecule has 7 heteroatoms. The van der Waals surface area contributed by atoms with E-state index in [2.05, 4.69) is 15.4 Å². The molecule has 3 heterocycles. The van der Waals surface area contributed by atoms with Crippen LogP contribution < -0.4 is 11.1 Å². The van der Waals surface area contributed by atoms with Crippen molar-refractivity contribution in [1.29, 1.82) is 0 Å². The molecule has 0 aliphatic heterocycles. The lowest BCUT2D eigenvalue weighted by atomic mass is 10.1. The zero-order chi connectivity index (χ0) is 18.3. The monoisotopic (exact) mass is 353 g/mol. The Morgan fingerprint density at radius 1 is 1.38 bits per heavy atom. The number of fused-ring (bicyclic) bond motifs is 1. The van der Waals surface area contributed by atoms with Crippen LogP contribution in [0.2, 0.25) is 0 Å². The molecule has 6 nitrogen and oxygen atoms in total. The second-order valence-corrected chi connectivity index (χ2v) is 6.74. The molecule has 0 saturated heterocycles. The van der Waals surface area contributed by atoms with Crippen molar-refractivity contribution in [3.8, 4) is 11.1 Å². The maximum absolute atomic E-state index is 14.1. The first-order valence-corrected chi connectivity index (χ1v) is 8.67. The van der Waals surface area contributed by atoms with E-state index in [1.165, 1.54) is 6.20 Å². The first-order valence-electron chi connectivity index (χ1n) is 8.67. The summed E-state index contributed by atoms with van der Waals surface area (Å²) in [5.74, 6) is -0.584. The zero-order valence-corrected chi connectivity index (χ0v) is 14.4. The van der Waals surface area contributed by atoms with Crippen LogP contribution in [-0.2, 0) is 0 Å². The number of amides is 1. The quantitative estimate of drug-likeness (QED) is 0.755. The van der Waals surface area contributed by atoms with E-state index in [0.717, 1.165) is 29.5 Å². The molecule has 1 saturated carbocycles. The molecule has 0 unspecified atom stereocenters.